The number of aromatic nitrogens is 3. The van der Waals surface area contributed by atoms with Crippen molar-refractivity contribution in [3.8, 4) is 17.0 Å². The molecule has 2 unspecified atom stereocenters. The van der Waals surface area contributed by atoms with E-state index in [0.29, 0.717) is 42.1 Å². The number of piperidine rings is 1. The minimum absolute atomic E-state index is 0.0556. The van der Waals surface area contributed by atoms with Crippen molar-refractivity contribution in [3.05, 3.63) is 189 Å². The molecule has 0 aliphatic carbocycles. The van der Waals surface area contributed by atoms with E-state index in [1.54, 1.807) is 29.9 Å². The summed E-state index contributed by atoms with van der Waals surface area (Å²) in [6.45, 7) is 4.32. The van der Waals surface area contributed by atoms with Crippen LogP contribution in [0.3, 0.4) is 0 Å². The lowest BCUT2D eigenvalue weighted by Gasteiger charge is -2.32. The first-order valence-corrected chi connectivity index (χ1v) is 21.4. The molecule has 7 aromatic rings. The number of phenols is 1. The second-order valence-corrected chi connectivity index (χ2v) is 16.3. The highest BCUT2D eigenvalue weighted by Crippen LogP contribution is 2.32. The van der Waals surface area contributed by atoms with Crippen LogP contribution in [0.15, 0.2) is 144 Å². The number of benzene rings is 5. The summed E-state index contributed by atoms with van der Waals surface area (Å²) in [6, 6.07) is 43.7. The van der Waals surface area contributed by atoms with Gasteiger partial charge in [-0.15, -0.1) is 0 Å². The first kappa shape index (κ1) is 42.8. The molecule has 0 spiro atoms. The Morgan fingerprint density at radius 2 is 1.51 bits per heavy atom. The zero-order valence-corrected chi connectivity index (χ0v) is 35.2. The van der Waals surface area contributed by atoms with Gasteiger partial charge in [0.25, 0.3) is 5.91 Å². The number of rotatable bonds is 16. The first-order valence-electron chi connectivity index (χ1n) is 21.4. The van der Waals surface area contributed by atoms with Gasteiger partial charge in [0.1, 0.15) is 11.7 Å². The number of nitrogens with zero attached hydrogens (tertiary/aromatic N) is 3. The van der Waals surface area contributed by atoms with Gasteiger partial charge in [-0.25, -0.2) is 0 Å². The molecule has 12 heteroatoms. The van der Waals surface area contributed by atoms with E-state index in [9.17, 15) is 24.6 Å². The summed E-state index contributed by atoms with van der Waals surface area (Å²) >= 11 is 0. The normalized spacial score (nSPS) is 14.3. The molecule has 1 aliphatic rings. The molecule has 322 valence electrons. The Balaban J connectivity index is 0.850. The Bertz CT molecular complexity index is 2710. The number of carbonyl (C=O) groups excluding carboxylic acids is 2. The van der Waals surface area contributed by atoms with Gasteiger partial charge in [0, 0.05) is 50.2 Å². The van der Waals surface area contributed by atoms with E-state index in [0.717, 1.165) is 66.0 Å². The molecule has 3 heterocycles. The van der Waals surface area contributed by atoms with E-state index in [4.69, 9.17) is 4.74 Å². The van der Waals surface area contributed by atoms with E-state index >= 15 is 0 Å². The van der Waals surface area contributed by atoms with Crippen molar-refractivity contribution in [1.29, 1.82) is 0 Å². The van der Waals surface area contributed by atoms with E-state index in [1.165, 1.54) is 17.7 Å². The molecule has 1 aliphatic heterocycles. The lowest BCUT2D eigenvalue weighted by molar-refractivity contribution is -0.146. The molecule has 1 amide bonds. The van der Waals surface area contributed by atoms with Gasteiger partial charge < -0.3 is 30.6 Å². The Hall–Kier alpha value is -6.86. The fourth-order valence-electron chi connectivity index (χ4n) is 8.33. The number of hydrogen-bond donors (Lipinski definition) is 5. The zero-order chi connectivity index (χ0) is 43.7. The fraction of sp³-hybridized carbons (Fsp3) is 0.255. The van der Waals surface area contributed by atoms with Crippen LogP contribution in [0.1, 0.15) is 68.7 Å². The number of amides is 1. The molecule has 5 aromatic carbocycles. The Labute approximate surface area is 366 Å². The summed E-state index contributed by atoms with van der Waals surface area (Å²) in [4.78, 5) is 44.1. The van der Waals surface area contributed by atoms with Crippen molar-refractivity contribution < 1.29 is 24.5 Å². The molecular formula is C51H52N6O6. The number of ether oxygens (including phenoxy) is 1. The second kappa shape index (κ2) is 19.9. The quantitative estimate of drug-likeness (QED) is 0.0647. The number of hydrogen-bond acceptors (Lipinski definition) is 9. The average molecular weight is 845 g/mol. The Morgan fingerprint density at radius 3 is 2.25 bits per heavy atom. The SMILES string of the molecule is Cn1nc(C(=O)NCc2ccc(CNCC(O)c3ccc(O)c4[nH]c(=O)ccc34)cc2)cc1-c1cccc(C(C(=O)OCC2CCN(Cc3ccccc3)CC2)c2ccccc2)c1. The van der Waals surface area contributed by atoms with Crippen LogP contribution in [0.4, 0.5) is 0 Å². The average Bonchev–Trinajstić information content (AvgIpc) is 3.71. The van der Waals surface area contributed by atoms with E-state index < -0.39 is 12.0 Å². The number of aliphatic hydroxyl groups is 1. The van der Waals surface area contributed by atoms with Crippen molar-refractivity contribution in [2.75, 3.05) is 26.2 Å². The minimum Gasteiger partial charge on any atom is -0.506 e. The highest BCUT2D eigenvalue weighted by Gasteiger charge is 2.28. The van der Waals surface area contributed by atoms with Gasteiger partial charge in [0.15, 0.2) is 5.69 Å². The van der Waals surface area contributed by atoms with Crippen molar-refractivity contribution >= 4 is 22.8 Å². The summed E-state index contributed by atoms with van der Waals surface area (Å²) in [5.74, 6) is -0.949. The number of pyridine rings is 1. The monoisotopic (exact) mass is 844 g/mol. The summed E-state index contributed by atoms with van der Waals surface area (Å²) in [7, 11) is 1.80. The topological polar surface area (TPSA) is 162 Å². The van der Waals surface area contributed by atoms with Crippen molar-refractivity contribution in [3.63, 3.8) is 0 Å². The predicted molar refractivity (Wildman–Crippen MR) is 243 cm³/mol. The first-order chi connectivity index (χ1) is 30.7. The lowest BCUT2D eigenvalue weighted by atomic mass is 9.90. The van der Waals surface area contributed by atoms with E-state index in [1.807, 2.05) is 84.9 Å². The number of H-pyrrole nitrogens is 1. The van der Waals surface area contributed by atoms with Crippen molar-refractivity contribution in [2.24, 2.45) is 13.0 Å². The number of aromatic hydroxyl groups is 1. The van der Waals surface area contributed by atoms with Gasteiger partial charge in [0.2, 0.25) is 5.56 Å². The molecular weight excluding hydrogens is 793 g/mol. The largest absolute Gasteiger partial charge is 0.506 e. The lowest BCUT2D eigenvalue weighted by Crippen LogP contribution is -2.35. The predicted octanol–water partition coefficient (Wildman–Crippen LogP) is 6.97. The number of likely N-dealkylation sites (tertiary alicyclic amines) is 1. The molecule has 0 radical (unpaired) electrons. The van der Waals surface area contributed by atoms with Crippen LogP contribution in [0.25, 0.3) is 22.2 Å². The summed E-state index contributed by atoms with van der Waals surface area (Å²) in [5.41, 5.74) is 7.26. The van der Waals surface area contributed by atoms with E-state index in [2.05, 4.69) is 49.9 Å². The number of phenolic OH excluding ortho intramolecular Hbond substituents is 1. The third-order valence-electron chi connectivity index (χ3n) is 11.8. The number of aryl methyl sites for hydroxylation is 1. The molecule has 12 nitrogen and oxygen atoms in total. The van der Waals surface area contributed by atoms with Gasteiger partial charge in [-0.3, -0.25) is 24.0 Å². The molecule has 2 atom stereocenters. The number of carbonyl (C=O) groups is 2. The molecule has 5 N–H and O–H groups in total. The Morgan fingerprint density at radius 1 is 0.810 bits per heavy atom. The van der Waals surface area contributed by atoms with Crippen LogP contribution in [-0.4, -0.2) is 68.0 Å². The second-order valence-electron chi connectivity index (χ2n) is 16.3. The molecule has 0 bridgehead atoms. The van der Waals surface area contributed by atoms with Gasteiger partial charge in [-0.05, 0) is 89.5 Å². The third kappa shape index (κ3) is 10.6. The molecule has 1 fully saturated rings. The van der Waals surface area contributed by atoms with Crippen LogP contribution in [0, 0.1) is 5.92 Å². The van der Waals surface area contributed by atoms with Crippen LogP contribution < -0.4 is 16.2 Å². The maximum Gasteiger partial charge on any atom is 0.317 e. The standard InChI is InChI=1S/C51H52N6O6/c1-56-44(28-43(55-56)50(61)53-30-35-17-15-34(16-18-35)29-52-31-46(59)41-19-21-45(58)49-42(41)20-22-47(60)54-49)39-13-8-14-40(27-39)48(38-11-6-3-7-12-38)51(62)63-33-37-23-25-57(26-24-37)32-36-9-4-2-5-10-36/h2-22,27-28,37,46,48,52,58-59H,23-26,29-33H2,1H3,(H,53,61)(H,54,60). The van der Waals surface area contributed by atoms with Crippen molar-refractivity contribution in [2.45, 2.75) is 44.5 Å². The van der Waals surface area contributed by atoms with Crippen LogP contribution in [-0.2, 0) is 36.2 Å². The Kier molecular flexibility index (Phi) is 13.5. The molecule has 8 rings (SSSR count). The summed E-state index contributed by atoms with van der Waals surface area (Å²) in [6.07, 6.45) is 1.09. The number of aliphatic hydroxyl groups excluding tert-OH is 1. The number of nitrogens with one attached hydrogen (secondary N) is 3. The van der Waals surface area contributed by atoms with Gasteiger partial charge in [0.05, 0.1) is 23.9 Å². The number of fused-ring (bicyclic) bond motifs is 1. The highest BCUT2D eigenvalue weighted by molar-refractivity contribution is 5.93. The van der Waals surface area contributed by atoms with Gasteiger partial charge >= 0.3 is 5.97 Å². The zero-order valence-electron chi connectivity index (χ0n) is 35.2. The van der Waals surface area contributed by atoms with Crippen LogP contribution >= 0.6 is 0 Å². The smallest absolute Gasteiger partial charge is 0.317 e. The molecule has 2 aromatic heterocycles. The van der Waals surface area contributed by atoms with Crippen LogP contribution in [0.2, 0.25) is 0 Å². The maximum absolute atomic E-state index is 14.0. The van der Waals surface area contributed by atoms with E-state index in [-0.39, 0.29) is 35.4 Å². The van der Waals surface area contributed by atoms with Crippen molar-refractivity contribution in [1.82, 2.24) is 30.3 Å². The minimum atomic E-state index is -0.866. The molecule has 1 saturated heterocycles. The highest BCUT2D eigenvalue weighted by atomic mass is 16.5. The molecule has 63 heavy (non-hydrogen) atoms. The number of aromatic amines is 1. The van der Waals surface area contributed by atoms with Gasteiger partial charge in [-0.2, -0.15) is 5.10 Å². The molecule has 0 saturated carbocycles. The summed E-state index contributed by atoms with van der Waals surface area (Å²) in [5, 5.41) is 32.4. The van der Waals surface area contributed by atoms with Gasteiger partial charge in [-0.1, -0.05) is 109 Å². The third-order valence-corrected chi connectivity index (χ3v) is 11.8. The van der Waals surface area contributed by atoms with Crippen LogP contribution in [0.5, 0.6) is 5.75 Å². The number of esters is 1. The maximum atomic E-state index is 14.0. The summed E-state index contributed by atoms with van der Waals surface area (Å²) < 4.78 is 7.76. The fourth-order valence-corrected chi connectivity index (χ4v) is 8.33.